The maximum absolute atomic E-state index is 6.19. The lowest BCUT2D eigenvalue weighted by molar-refractivity contribution is 0.300. The molecular weight excluding hydrogens is 186 g/mol. The summed E-state index contributed by atoms with van der Waals surface area (Å²) < 4.78 is 2.31. The van der Waals surface area contributed by atoms with E-state index < -0.39 is 0 Å². The summed E-state index contributed by atoms with van der Waals surface area (Å²) in [5, 5.41) is 0. The Hall–Kier alpha value is -0.830. The summed E-state index contributed by atoms with van der Waals surface area (Å²) in [6.45, 7) is 2.21. The molecule has 0 bridgehead atoms. The Bertz CT molecular complexity index is 306. The van der Waals surface area contributed by atoms with Crippen molar-refractivity contribution in [3.63, 3.8) is 0 Å². The standard InChI is InChI=1S/C12H21N3/c1-2-5-10-8-14-9-15(10)12-7-4-3-6-11(12)13/h8-9,11-12H,2-7,13H2,1H3/t11-,12-/m1/s1. The molecule has 0 aromatic carbocycles. The fourth-order valence-corrected chi connectivity index (χ4v) is 2.57. The molecule has 3 nitrogen and oxygen atoms in total. The van der Waals surface area contributed by atoms with Crippen molar-refractivity contribution < 1.29 is 0 Å². The van der Waals surface area contributed by atoms with Crippen molar-refractivity contribution >= 4 is 0 Å². The largest absolute Gasteiger partial charge is 0.330 e. The highest BCUT2D eigenvalue weighted by Gasteiger charge is 2.24. The summed E-state index contributed by atoms with van der Waals surface area (Å²) in [6, 6.07) is 0.811. The molecule has 0 saturated heterocycles. The highest BCUT2D eigenvalue weighted by atomic mass is 15.1. The van der Waals surface area contributed by atoms with Crippen LogP contribution in [0.1, 0.15) is 50.8 Å². The predicted octanol–water partition coefficient (Wildman–Crippen LogP) is 2.28. The Labute approximate surface area is 91.7 Å². The van der Waals surface area contributed by atoms with E-state index in [4.69, 9.17) is 5.73 Å². The molecule has 15 heavy (non-hydrogen) atoms. The van der Waals surface area contributed by atoms with Crippen LogP contribution in [0.2, 0.25) is 0 Å². The number of rotatable bonds is 3. The number of nitrogens with zero attached hydrogens (tertiary/aromatic N) is 2. The quantitative estimate of drug-likeness (QED) is 0.826. The van der Waals surface area contributed by atoms with E-state index in [0.29, 0.717) is 12.1 Å². The van der Waals surface area contributed by atoms with Crippen LogP contribution in [0.3, 0.4) is 0 Å². The van der Waals surface area contributed by atoms with Crippen LogP contribution in [0.4, 0.5) is 0 Å². The Morgan fingerprint density at radius 2 is 2.27 bits per heavy atom. The molecule has 1 saturated carbocycles. The predicted molar refractivity (Wildman–Crippen MR) is 61.7 cm³/mol. The number of aryl methyl sites for hydroxylation is 1. The topological polar surface area (TPSA) is 43.8 Å². The zero-order chi connectivity index (χ0) is 10.7. The van der Waals surface area contributed by atoms with Gasteiger partial charge in [-0.15, -0.1) is 0 Å². The molecule has 0 amide bonds. The third kappa shape index (κ3) is 2.23. The van der Waals surface area contributed by atoms with Gasteiger partial charge in [0.25, 0.3) is 0 Å². The number of hydrogen-bond donors (Lipinski definition) is 1. The normalized spacial score (nSPS) is 26.8. The Morgan fingerprint density at radius 1 is 1.47 bits per heavy atom. The highest BCUT2D eigenvalue weighted by Crippen LogP contribution is 2.28. The van der Waals surface area contributed by atoms with Gasteiger partial charge in [0.15, 0.2) is 0 Å². The fourth-order valence-electron chi connectivity index (χ4n) is 2.57. The molecule has 2 N–H and O–H groups in total. The summed E-state index contributed by atoms with van der Waals surface area (Å²) in [7, 11) is 0. The minimum atomic E-state index is 0.323. The van der Waals surface area contributed by atoms with Crippen LogP contribution in [0.5, 0.6) is 0 Å². The molecule has 3 heteroatoms. The lowest BCUT2D eigenvalue weighted by Crippen LogP contribution is -2.35. The number of hydrogen-bond acceptors (Lipinski definition) is 2. The molecular formula is C12H21N3. The molecule has 1 aromatic heterocycles. The van der Waals surface area contributed by atoms with Gasteiger partial charge in [0, 0.05) is 24.0 Å². The second kappa shape index (κ2) is 4.79. The molecule has 2 atom stereocenters. The molecule has 1 aromatic rings. The van der Waals surface area contributed by atoms with Crippen molar-refractivity contribution in [1.29, 1.82) is 0 Å². The van der Waals surface area contributed by atoms with Gasteiger partial charge in [-0.1, -0.05) is 26.2 Å². The van der Waals surface area contributed by atoms with Gasteiger partial charge in [-0.3, -0.25) is 0 Å². The molecule has 0 spiro atoms. The van der Waals surface area contributed by atoms with Crippen LogP contribution in [-0.4, -0.2) is 15.6 Å². The third-order valence-electron chi connectivity index (χ3n) is 3.39. The van der Waals surface area contributed by atoms with Crippen molar-refractivity contribution in [2.45, 2.75) is 57.5 Å². The van der Waals surface area contributed by atoms with Gasteiger partial charge in [0.1, 0.15) is 0 Å². The van der Waals surface area contributed by atoms with Crippen molar-refractivity contribution in [3.05, 3.63) is 18.2 Å². The minimum Gasteiger partial charge on any atom is -0.330 e. The van der Waals surface area contributed by atoms with E-state index in [2.05, 4.69) is 16.5 Å². The van der Waals surface area contributed by atoms with Crippen molar-refractivity contribution in [2.75, 3.05) is 0 Å². The van der Waals surface area contributed by atoms with E-state index in [1.54, 1.807) is 0 Å². The first-order chi connectivity index (χ1) is 7.33. The molecule has 1 heterocycles. The van der Waals surface area contributed by atoms with Gasteiger partial charge >= 0.3 is 0 Å². The van der Waals surface area contributed by atoms with Crippen molar-refractivity contribution in [1.82, 2.24) is 9.55 Å². The van der Waals surface area contributed by atoms with Gasteiger partial charge in [-0.2, -0.15) is 0 Å². The number of aromatic nitrogens is 2. The molecule has 1 fully saturated rings. The molecule has 1 aliphatic carbocycles. The smallest absolute Gasteiger partial charge is 0.0951 e. The van der Waals surface area contributed by atoms with Crippen LogP contribution in [0, 0.1) is 0 Å². The molecule has 1 aliphatic rings. The van der Waals surface area contributed by atoms with Gasteiger partial charge < -0.3 is 10.3 Å². The summed E-state index contributed by atoms with van der Waals surface area (Å²) in [5.74, 6) is 0. The van der Waals surface area contributed by atoms with E-state index in [1.807, 2.05) is 12.5 Å². The first-order valence-electron chi connectivity index (χ1n) is 6.09. The monoisotopic (exact) mass is 207 g/mol. The van der Waals surface area contributed by atoms with E-state index in [9.17, 15) is 0 Å². The van der Waals surface area contributed by atoms with E-state index >= 15 is 0 Å². The lowest BCUT2D eigenvalue weighted by Gasteiger charge is -2.30. The summed E-state index contributed by atoms with van der Waals surface area (Å²) in [6.07, 6.45) is 11.2. The van der Waals surface area contributed by atoms with Gasteiger partial charge in [0.2, 0.25) is 0 Å². The zero-order valence-corrected chi connectivity index (χ0v) is 9.52. The van der Waals surface area contributed by atoms with Crippen LogP contribution >= 0.6 is 0 Å². The van der Waals surface area contributed by atoms with E-state index in [1.165, 1.54) is 31.4 Å². The van der Waals surface area contributed by atoms with Crippen molar-refractivity contribution in [2.24, 2.45) is 5.73 Å². The summed E-state index contributed by atoms with van der Waals surface area (Å²) in [4.78, 5) is 4.26. The van der Waals surface area contributed by atoms with Gasteiger partial charge in [0.05, 0.1) is 6.33 Å². The van der Waals surface area contributed by atoms with E-state index in [0.717, 1.165) is 12.8 Å². The molecule has 0 unspecified atom stereocenters. The molecule has 0 aliphatic heterocycles. The SMILES string of the molecule is CCCc1cncn1[C@@H]1CCCC[C@H]1N. The Morgan fingerprint density at radius 3 is 3.00 bits per heavy atom. The fraction of sp³-hybridized carbons (Fsp3) is 0.750. The number of nitrogens with two attached hydrogens (primary N) is 1. The highest BCUT2D eigenvalue weighted by molar-refractivity contribution is 5.02. The third-order valence-corrected chi connectivity index (χ3v) is 3.39. The first-order valence-corrected chi connectivity index (χ1v) is 6.09. The van der Waals surface area contributed by atoms with Gasteiger partial charge in [-0.05, 0) is 19.3 Å². The summed E-state index contributed by atoms with van der Waals surface area (Å²) in [5.41, 5.74) is 7.53. The maximum atomic E-state index is 6.19. The minimum absolute atomic E-state index is 0.323. The van der Waals surface area contributed by atoms with Crippen LogP contribution in [-0.2, 0) is 6.42 Å². The average Bonchev–Trinajstić information content (AvgIpc) is 2.67. The van der Waals surface area contributed by atoms with E-state index in [-0.39, 0.29) is 0 Å². The Balaban J connectivity index is 2.15. The first kappa shape index (κ1) is 10.7. The zero-order valence-electron chi connectivity index (χ0n) is 9.52. The second-order valence-corrected chi connectivity index (χ2v) is 4.56. The molecule has 0 radical (unpaired) electrons. The van der Waals surface area contributed by atoms with Crippen LogP contribution < -0.4 is 5.73 Å². The van der Waals surface area contributed by atoms with Crippen LogP contribution in [0.25, 0.3) is 0 Å². The van der Waals surface area contributed by atoms with Crippen molar-refractivity contribution in [3.8, 4) is 0 Å². The lowest BCUT2D eigenvalue weighted by atomic mass is 9.90. The van der Waals surface area contributed by atoms with Gasteiger partial charge in [-0.25, -0.2) is 4.98 Å². The van der Waals surface area contributed by atoms with Crippen LogP contribution in [0.15, 0.2) is 12.5 Å². The summed E-state index contributed by atoms with van der Waals surface area (Å²) >= 11 is 0. The Kier molecular flexibility index (Phi) is 3.41. The number of imidazole rings is 1. The second-order valence-electron chi connectivity index (χ2n) is 4.56. The maximum Gasteiger partial charge on any atom is 0.0951 e. The molecule has 84 valence electrons. The molecule has 2 rings (SSSR count). The average molecular weight is 207 g/mol.